The zero-order chi connectivity index (χ0) is 25.5. The molecule has 0 aromatic carbocycles. The number of hydrogen-bond donors (Lipinski definition) is 6. The SMILES string of the molecule is CC(C)(O)CC[C@@H](O)[C@](C)(O)[C@H]1CC[C@@]2(O)C3=CC(=O)[C@@H]4C[C@@H](O)[C@@H](O)C[C@@]4(C)[C@H]3CC[C@]12C. The standard InChI is InChI=1S/C27H44O7/c1-23(2,32)9-8-22(31)26(5,33)21-7-11-27(34)16-12-18(28)17-13-19(29)20(30)14-24(17,3)15(16)6-10-25(21,27)4/h12,15,17,19-22,29-34H,6-11,13-14H2,1-5H3/t15-,17-,19+,20-,21-,22+,24-,25+,26+,27+/m0/s1. The van der Waals surface area contributed by atoms with Crippen molar-refractivity contribution in [2.24, 2.45) is 28.6 Å². The van der Waals surface area contributed by atoms with Crippen LogP contribution >= 0.6 is 0 Å². The number of aliphatic hydroxyl groups excluding tert-OH is 3. The van der Waals surface area contributed by atoms with Gasteiger partial charge in [0.2, 0.25) is 0 Å². The zero-order valence-corrected chi connectivity index (χ0v) is 21.3. The van der Waals surface area contributed by atoms with E-state index in [4.69, 9.17) is 0 Å². The lowest BCUT2D eigenvalue weighted by molar-refractivity contribution is -0.177. The number of hydrogen-bond acceptors (Lipinski definition) is 7. The van der Waals surface area contributed by atoms with Crippen LogP contribution in [0.1, 0.15) is 86.0 Å². The number of ketones is 1. The topological polar surface area (TPSA) is 138 Å². The predicted molar refractivity (Wildman–Crippen MR) is 127 cm³/mol. The quantitative estimate of drug-likeness (QED) is 0.353. The molecule has 7 heteroatoms. The van der Waals surface area contributed by atoms with E-state index in [2.05, 4.69) is 0 Å². The summed E-state index contributed by atoms with van der Waals surface area (Å²) in [6.45, 7) is 8.96. The number of carbonyl (C=O) groups is 1. The van der Waals surface area contributed by atoms with Crippen LogP contribution in [0.2, 0.25) is 0 Å². The summed E-state index contributed by atoms with van der Waals surface area (Å²) in [7, 11) is 0. The third-order valence-corrected chi connectivity index (χ3v) is 10.5. The monoisotopic (exact) mass is 480 g/mol. The van der Waals surface area contributed by atoms with Gasteiger partial charge in [-0.2, -0.15) is 0 Å². The second-order valence-corrected chi connectivity index (χ2v) is 13.2. The first-order chi connectivity index (χ1) is 15.5. The molecule has 10 atom stereocenters. The molecular weight excluding hydrogens is 436 g/mol. The molecule has 0 spiro atoms. The van der Waals surface area contributed by atoms with Gasteiger partial charge in [-0.3, -0.25) is 4.79 Å². The molecule has 0 saturated heterocycles. The molecule has 4 rings (SSSR count). The fourth-order valence-corrected chi connectivity index (χ4v) is 8.32. The normalized spacial score (nSPS) is 47.2. The van der Waals surface area contributed by atoms with Crippen molar-refractivity contribution in [3.05, 3.63) is 11.6 Å². The van der Waals surface area contributed by atoms with Crippen molar-refractivity contribution < 1.29 is 35.4 Å². The van der Waals surface area contributed by atoms with Crippen molar-refractivity contribution >= 4 is 5.78 Å². The van der Waals surface area contributed by atoms with Crippen molar-refractivity contribution in [3.8, 4) is 0 Å². The Bertz CT molecular complexity index is 860. The summed E-state index contributed by atoms with van der Waals surface area (Å²) in [5, 5.41) is 65.5. The maximum atomic E-state index is 13.2. The van der Waals surface area contributed by atoms with Gasteiger partial charge in [0.1, 0.15) is 0 Å². The minimum absolute atomic E-state index is 0.0840. The third-order valence-electron chi connectivity index (χ3n) is 10.5. The summed E-state index contributed by atoms with van der Waals surface area (Å²) in [5.74, 6) is -0.948. The van der Waals surface area contributed by atoms with Crippen LogP contribution in [-0.4, -0.2) is 71.5 Å². The maximum Gasteiger partial charge on any atom is 0.159 e. The lowest BCUT2D eigenvalue weighted by Crippen LogP contribution is -2.62. The molecular formula is C27H44O7. The van der Waals surface area contributed by atoms with Crippen LogP contribution in [0.15, 0.2) is 11.6 Å². The highest BCUT2D eigenvalue weighted by Gasteiger charge is 2.69. The van der Waals surface area contributed by atoms with Gasteiger partial charge >= 0.3 is 0 Å². The van der Waals surface area contributed by atoms with Crippen molar-refractivity contribution in [1.29, 1.82) is 0 Å². The molecule has 0 unspecified atom stereocenters. The molecule has 7 nitrogen and oxygen atoms in total. The van der Waals surface area contributed by atoms with Crippen molar-refractivity contribution in [3.63, 3.8) is 0 Å². The predicted octanol–water partition coefficient (Wildman–Crippen LogP) is 1.85. The van der Waals surface area contributed by atoms with E-state index >= 15 is 0 Å². The van der Waals surface area contributed by atoms with E-state index in [-0.39, 0.29) is 36.4 Å². The summed E-state index contributed by atoms with van der Waals surface area (Å²) in [6.07, 6.45) is 2.11. The van der Waals surface area contributed by atoms with E-state index in [1.54, 1.807) is 26.8 Å². The van der Waals surface area contributed by atoms with Gasteiger partial charge in [0.15, 0.2) is 5.78 Å². The lowest BCUT2D eigenvalue weighted by Gasteiger charge is -2.60. The Morgan fingerprint density at radius 1 is 1.06 bits per heavy atom. The number of allylic oxidation sites excluding steroid dienone is 1. The van der Waals surface area contributed by atoms with E-state index in [1.165, 1.54) is 0 Å². The second-order valence-electron chi connectivity index (χ2n) is 13.2. The fourth-order valence-electron chi connectivity index (χ4n) is 8.32. The Morgan fingerprint density at radius 2 is 1.71 bits per heavy atom. The molecule has 3 saturated carbocycles. The van der Waals surface area contributed by atoms with Crippen molar-refractivity contribution in [2.45, 2.75) is 121 Å². The van der Waals surface area contributed by atoms with E-state index in [1.807, 2.05) is 13.8 Å². The van der Waals surface area contributed by atoms with Gasteiger partial charge < -0.3 is 30.6 Å². The molecule has 34 heavy (non-hydrogen) atoms. The minimum atomic E-state index is -1.46. The van der Waals surface area contributed by atoms with Gasteiger partial charge in [-0.15, -0.1) is 0 Å². The Hall–Kier alpha value is -0.830. The molecule has 0 aliphatic heterocycles. The summed E-state index contributed by atoms with van der Waals surface area (Å²) >= 11 is 0. The summed E-state index contributed by atoms with van der Waals surface area (Å²) < 4.78 is 0. The van der Waals surface area contributed by atoms with Gasteiger partial charge in [0.05, 0.1) is 35.1 Å². The van der Waals surface area contributed by atoms with E-state index in [0.29, 0.717) is 44.1 Å². The van der Waals surface area contributed by atoms with Crippen LogP contribution in [0, 0.1) is 28.6 Å². The highest BCUT2D eigenvalue weighted by atomic mass is 16.3. The van der Waals surface area contributed by atoms with Crippen LogP contribution in [0.3, 0.4) is 0 Å². The molecule has 194 valence electrons. The van der Waals surface area contributed by atoms with Crippen LogP contribution in [0.5, 0.6) is 0 Å². The average Bonchev–Trinajstić information content (AvgIpc) is 3.00. The van der Waals surface area contributed by atoms with Gasteiger partial charge in [0.25, 0.3) is 0 Å². The average molecular weight is 481 g/mol. The molecule has 0 aromatic rings. The third kappa shape index (κ3) is 3.73. The molecule has 0 radical (unpaired) electrons. The summed E-state index contributed by atoms with van der Waals surface area (Å²) in [6, 6.07) is 0. The van der Waals surface area contributed by atoms with E-state index < -0.39 is 45.9 Å². The molecule has 0 bridgehead atoms. The van der Waals surface area contributed by atoms with Crippen LogP contribution in [0.25, 0.3) is 0 Å². The van der Waals surface area contributed by atoms with Gasteiger partial charge in [-0.1, -0.05) is 13.8 Å². The summed E-state index contributed by atoms with van der Waals surface area (Å²) in [4.78, 5) is 13.2. The van der Waals surface area contributed by atoms with Gasteiger partial charge in [-0.05, 0) is 101 Å². The zero-order valence-electron chi connectivity index (χ0n) is 21.3. The Labute approximate surface area is 202 Å². The molecule has 6 N–H and O–H groups in total. The molecule has 0 heterocycles. The molecule has 4 aliphatic carbocycles. The maximum absolute atomic E-state index is 13.2. The fraction of sp³-hybridized carbons (Fsp3) is 0.889. The van der Waals surface area contributed by atoms with Gasteiger partial charge in [-0.25, -0.2) is 0 Å². The Kier molecular flexibility index (Phi) is 6.24. The minimum Gasteiger partial charge on any atom is -0.390 e. The smallest absolute Gasteiger partial charge is 0.159 e. The largest absolute Gasteiger partial charge is 0.390 e. The first-order valence-electron chi connectivity index (χ1n) is 12.9. The Morgan fingerprint density at radius 3 is 2.32 bits per heavy atom. The van der Waals surface area contributed by atoms with Crippen LogP contribution in [-0.2, 0) is 4.79 Å². The number of rotatable bonds is 5. The molecule has 4 aliphatic rings. The number of carbonyl (C=O) groups excluding carboxylic acids is 1. The molecule has 3 fully saturated rings. The van der Waals surface area contributed by atoms with Crippen molar-refractivity contribution in [2.75, 3.05) is 0 Å². The second kappa shape index (κ2) is 8.09. The van der Waals surface area contributed by atoms with Crippen LogP contribution < -0.4 is 0 Å². The number of aliphatic hydroxyl groups is 6. The Balaban J connectivity index is 1.66. The molecule has 0 aromatic heterocycles. The highest BCUT2D eigenvalue weighted by molar-refractivity contribution is 5.95. The number of fused-ring (bicyclic) bond motifs is 5. The molecule has 0 amide bonds. The van der Waals surface area contributed by atoms with Gasteiger partial charge in [0, 0.05) is 11.3 Å². The lowest BCUT2D eigenvalue weighted by atomic mass is 9.45. The van der Waals surface area contributed by atoms with Crippen molar-refractivity contribution in [1.82, 2.24) is 0 Å². The highest BCUT2D eigenvalue weighted by Crippen LogP contribution is 2.68. The first-order valence-corrected chi connectivity index (χ1v) is 12.9. The van der Waals surface area contributed by atoms with E-state index in [0.717, 1.165) is 0 Å². The van der Waals surface area contributed by atoms with Crippen LogP contribution in [0.4, 0.5) is 0 Å². The first kappa shape index (κ1) is 26.2. The van der Waals surface area contributed by atoms with E-state index in [9.17, 15) is 35.4 Å². The summed E-state index contributed by atoms with van der Waals surface area (Å²) in [5.41, 5.74) is -4.27.